The number of halogens is 2. The lowest BCUT2D eigenvalue weighted by atomic mass is 9.81. The van der Waals surface area contributed by atoms with Crippen molar-refractivity contribution in [2.45, 2.75) is 10.4 Å². The number of likely N-dealkylation sites (N-methyl/N-ethyl adjacent to an activating group) is 1. The molecule has 3 aromatic rings. The molecular formula is C22H16BrFN2O4S2. The van der Waals surface area contributed by atoms with Crippen LogP contribution in [0.15, 0.2) is 82.2 Å². The quantitative estimate of drug-likeness (QED) is 0.394. The molecule has 1 saturated heterocycles. The molecule has 32 heavy (non-hydrogen) atoms. The maximum Gasteiger partial charge on any atom is 0.339 e. The highest BCUT2D eigenvalue weighted by molar-refractivity contribution is 9.10. The molecule has 3 aromatic carbocycles. The topological polar surface area (TPSA) is 75.7 Å². The number of hydrogen-bond acceptors (Lipinski definition) is 5. The highest BCUT2D eigenvalue weighted by Gasteiger charge is 2.52. The molecule has 1 aliphatic heterocycles. The van der Waals surface area contributed by atoms with E-state index in [-0.39, 0.29) is 20.2 Å². The van der Waals surface area contributed by atoms with Crippen LogP contribution in [0.2, 0.25) is 0 Å². The van der Waals surface area contributed by atoms with E-state index >= 15 is 0 Å². The molecular weight excluding hydrogens is 519 g/mol. The van der Waals surface area contributed by atoms with Crippen LogP contribution in [0.3, 0.4) is 0 Å². The molecule has 0 saturated carbocycles. The lowest BCUT2D eigenvalue weighted by molar-refractivity contribution is -0.124. The van der Waals surface area contributed by atoms with Gasteiger partial charge in [-0.3, -0.25) is 4.79 Å². The van der Waals surface area contributed by atoms with Crippen molar-refractivity contribution >= 4 is 49.3 Å². The van der Waals surface area contributed by atoms with Gasteiger partial charge in [-0.05, 0) is 75.7 Å². The van der Waals surface area contributed by atoms with Gasteiger partial charge in [0, 0.05) is 7.05 Å². The van der Waals surface area contributed by atoms with Crippen molar-refractivity contribution < 1.29 is 21.8 Å². The summed E-state index contributed by atoms with van der Waals surface area (Å²) in [5.41, 5.74) is -0.617. The van der Waals surface area contributed by atoms with Crippen molar-refractivity contribution in [1.82, 2.24) is 10.2 Å². The van der Waals surface area contributed by atoms with E-state index in [9.17, 15) is 17.6 Å². The molecule has 0 radical (unpaired) electrons. The van der Waals surface area contributed by atoms with Crippen molar-refractivity contribution in [3.8, 4) is 5.75 Å². The van der Waals surface area contributed by atoms with E-state index in [1.807, 2.05) is 0 Å². The lowest BCUT2D eigenvalue weighted by Crippen LogP contribution is -2.46. The van der Waals surface area contributed by atoms with E-state index in [2.05, 4.69) is 21.2 Å². The molecule has 6 nitrogen and oxygen atoms in total. The third kappa shape index (κ3) is 3.68. The van der Waals surface area contributed by atoms with Gasteiger partial charge >= 0.3 is 10.1 Å². The molecule has 1 fully saturated rings. The molecule has 0 bridgehead atoms. The van der Waals surface area contributed by atoms with Crippen LogP contribution >= 0.6 is 28.1 Å². The predicted octanol–water partition coefficient (Wildman–Crippen LogP) is 3.95. The predicted molar refractivity (Wildman–Crippen MR) is 124 cm³/mol. The molecule has 4 rings (SSSR count). The Balaban J connectivity index is 1.84. The molecule has 1 atom stereocenters. The molecule has 0 aromatic heterocycles. The fourth-order valence-electron chi connectivity index (χ4n) is 3.65. The molecule has 1 heterocycles. The zero-order valence-corrected chi connectivity index (χ0v) is 19.8. The van der Waals surface area contributed by atoms with Crippen LogP contribution < -0.4 is 9.50 Å². The first-order valence-electron chi connectivity index (χ1n) is 9.31. The van der Waals surface area contributed by atoms with Gasteiger partial charge in [0.05, 0.1) is 4.47 Å². The molecule has 1 unspecified atom stereocenters. The number of carbonyl (C=O) groups is 1. The minimum atomic E-state index is -4.09. The van der Waals surface area contributed by atoms with E-state index in [4.69, 9.17) is 16.4 Å². The maximum atomic E-state index is 13.9. The molecule has 0 aliphatic carbocycles. The first kappa shape index (κ1) is 22.4. The lowest BCUT2D eigenvalue weighted by Gasteiger charge is -2.35. The number of benzene rings is 3. The van der Waals surface area contributed by atoms with Crippen LogP contribution in [-0.4, -0.2) is 31.4 Å². The summed E-state index contributed by atoms with van der Waals surface area (Å²) in [6, 6.07) is 18.1. The van der Waals surface area contributed by atoms with Crippen LogP contribution in [0, 0.1) is 5.82 Å². The van der Waals surface area contributed by atoms with Gasteiger partial charge < -0.3 is 14.4 Å². The van der Waals surface area contributed by atoms with Gasteiger partial charge in [0.25, 0.3) is 5.91 Å². The zero-order chi connectivity index (χ0) is 23.1. The molecule has 164 valence electrons. The Kier molecular flexibility index (Phi) is 5.78. The third-order valence-electron chi connectivity index (χ3n) is 5.18. The van der Waals surface area contributed by atoms with Gasteiger partial charge in [-0.25, -0.2) is 4.39 Å². The first-order valence-corrected chi connectivity index (χ1v) is 11.9. The second-order valence-corrected chi connectivity index (χ2v) is 9.82. The Morgan fingerprint density at radius 1 is 1.03 bits per heavy atom. The van der Waals surface area contributed by atoms with Gasteiger partial charge in [-0.15, -0.1) is 0 Å². The Morgan fingerprint density at radius 3 is 2.34 bits per heavy atom. The van der Waals surface area contributed by atoms with E-state index in [0.29, 0.717) is 11.1 Å². The average Bonchev–Trinajstić information content (AvgIpc) is 2.99. The van der Waals surface area contributed by atoms with Crippen molar-refractivity contribution in [3.63, 3.8) is 0 Å². The number of thiocarbonyl (C=S) groups is 1. The van der Waals surface area contributed by atoms with Crippen LogP contribution in [0.1, 0.15) is 11.1 Å². The Morgan fingerprint density at radius 2 is 1.72 bits per heavy atom. The van der Waals surface area contributed by atoms with E-state index in [1.54, 1.807) is 42.3 Å². The summed E-state index contributed by atoms with van der Waals surface area (Å²) in [5.74, 6) is -0.920. The van der Waals surface area contributed by atoms with Gasteiger partial charge in [-0.1, -0.05) is 36.4 Å². The fourth-order valence-corrected chi connectivity index (χ4v) is 5.20. The van der Waals surface area contributed by atoms with Crippen LogP contribution in [0.5, 0.6) is 5.75 Å². The summed E-state index contributed by atoms with van der Waals surface area (Å²) in [6.45, 7) is 0. The van der Waals surface area contributed by atoms with Crippen molar-refractivity contribution in [2.75, 3.05) is 7.05 Å². The SMILES string of the molecule is CN1C(=S)NC(=O)C1(c1cccc(OS(=O)(=O)c2ccccc2)c1)c1ccc(F)c(Br)c1. The summed E-state index contributed by atoms with van der Waals surface area (Å²) in [7, 11) is -2.45. The van der Waals surface area contributed by atoms with Gasteiger partial charge in [0.1, 0.15) is 16.5 Å². The summed E-state index contributed by atoms with van der Waals surface area (Å²) >= 11 is 8.45. The Bertz CT molecular complexity index is 1330. The highest BCUT2D eigenvalue weighted by atomic mass is 79.9. The van der Waals surface area contributed by atoms with Gasteiger partial charge in [-0.2, -0.15) is 8.42 Å². The summed E-state index contributed by atoms with van der Waals surface area (Å²) in [4.78, 5) is 14.8. The largest absolute Gasteiger partial charge is 0.379 e. The Hall–Kier alpha value is -2.82. The third-order valence-corrected chi connectivity index (χ3v) is 7.43. The molecule has 1 amide bonds. The molecule has 0 spiro atoms. The Labute approximate surface area is 198 Å². The van der Waals surface area contributed by atoms with E-state index < -0.39 is 27.4 Å². The number of hydrogen-bond donors (Lipinski definition) is 1. The molecule has 10 heteroatoms. The van der Waals surface area contributed by atoms with Crippen LogP contribution in [-0.2, 0) is 20.5 Å². The smallest absolute Gasteiger partial charge is 0.339 e. The van der Waals surface area contributed by atoms with Crippen molar-refractivity contribution in [3.05, 3.63) is 94.2 Å². The van der Waals surface area contributed by atoms with Crippen LogP contribution in [0.4, 0.5) is 4.39 Å². The fraction of sp³-hybridized carbons (Fsp3) is 0.0909. The number of amides is 1. The van der Waals surface area contributed by atoms with E-state index in [1.165, 1.54) is 42.5 Å². The molecule has 1 N–H and O–H groups in total. The van der Waals surface area contributed by atoms with Gasteiger partial charge in [0.2, 0.25) is 0 Å². The second-order valence-electron chi connectivity index (χ2n) is 7.04. The minimum Gasteiger partial charge on any atom is -0.379 e. The average molecular weight is 535 g/mol. The monoisotopic (exact) mass is 534 g/mol. The second kappa shape index (κ2) is 8.27. The van der Waals surface area contributed by atoms with Crippen molar-refractivity contribution in [1.29, 1.82) is 0 Å². The summed E-state index contributed by atoms with van der Waals surface area (Å²) in [5, 5.41) is 2.81. The zero-order valence-electron chi connectivity index (χ0n) is 16.6. The van der Waals surface area contributed by atoms with Crippen molar-refractivity contribution in [2.24, 2.45) is 0 Å². The maximum absolute atomic E-state index is 13.9. The summed E-state index contributed by atoms with van der Waals surface area (Å²) < 4.78 is 44.8. The standard InChI is InChI=1S/C22H16BrFN2O4S2/c1-26-21(31)25-20(27)22(26,15-10-11-19(24)18(23)13-15)14-6-5-7-16(12-14)30-32(28,29)17-8-3-2-4-9-17/h2-13H,1H3,(H,25,27,31). The molecule has 1 aliphatic rings. The van der Waals surface area contributed by atoms with Gasteiger partial charge in [0.15, 0.2) is 10.7 Å². The number of rotatable bonds is 5. The number of carbonyl (C=O) groups excluding carboxylic acids is 1. The number of nitrogens with one attached hydrogen (secondary N) is 1. The van der Waals surface area contributed by atoms with E-state index in [0.717, 1.165) is 0 Å². The summed E-state index contributed by atoms with van der Waals surface area (Å²) in [6.07, 6.45) is 0. The van der Waals surface area contributed by atoms with Crippen LogP contribution in [0.25, 0.3) is 0 Å². The first-order chi connectivity index (χ1) is 15.2. The minimum absolute atomic E-state index is 0.000475. The number of nitrogens with zero attached hydrogens (tertiary/aromatic N) is 1. The highest BCUT2D eigenvalue weighted by Crippen LogP contribution is 2.41. The normalized spacial score (nSPS) is 18.5.